The van der Waals surface area contributed by atoms with Crippen LogP contribution < -0.4 is 5.32 Å². The molecule has 11 heavy (non-hydrogen) atoms. The molecule has 1 fully saturated rings. The lowest BCUT2D eigenvalue weighted by atomic mass is 9.98. The van der Waals surface area contributed by atoms with Gasteiger partial charge in [-0.1, -0.05) is 0 Å². The molecule has 2 aliphatic heterocycles. The van der Waals surface area contributed by atoms with E-state index in [4.69, 9.17) is 0 Å². The Hall–Kier alpha value is -0.700. The third kappa shape index (κ3) is 0.997. The number of fused-ring (bicyclic) bond motifs is 1. The number of rotatable bonds is 1. The molecule has 1 N–H and O–H groups in total. The van der Waals surface area contributed by atoms with E-state index in [1.54, 1.807) is 6.92 Å². The van der Waals surface area contributed by atoms with Gasteiger partial charge in [0, 0.05) is 12.5 Å². The maximum atomic E-state index is 11.1. The monoisotopic (exact) mass is 152 g/mol. The zero-order valence-corrected chi connectivity index (χ0v) is 6.58. The lowest BCUT2D eigenvalue weighted by Gasteiger charge is -2.11. The Labute approximate surface area is 65.9 Å². The number of nitrogens with zero attached hydrogens (tertiary/aromatic N) is 1. The van der Waals surface area contributed by atoms with Crippen molar-refractivity contribution in [2.75, 3.05) is 6.54 Å². The van der Waals surface area contributed by atoms with Gasteiger partial charge in [-0.2, -0.15) is 0 Å². The molecule has 1 saturated heterocycles. The van der Waals surface area contributed by atoms with Gasteiger partial charge in [0.05, 0.1) is 12.1 Å². The highest BCUT2D eigenvalue weighted by Gasteiger charge is 2.39. The van der Waals surface area contributed by atoms with Crippen molar-refractivity contribution in [2.24, 2.45) is 10.9 Å². The Morgan fingerprint density at radius 2 is 2.55 bits per heavy atom. The maximum Gasteiger partial charge on any atom is 0.148 e. The van der Waals surface area contributed by atoms with Gasteiger partial charge in [0.25, 0.3) is 0 Å². The van der Waals surface area contributed by atoms with Crippen molar-refractivity contribution < 1.29 is 4.79 Å². The summed E-state index contributed by atoms with van der Waals surface area (Å²) in [4.78, 5) is 15.3. The predicted octanol–water partition coefficient (Wildman–Crippen LogP) is 0.00650. The first-order valence-corrected chi connectivity index (χ1v) is 4.04. The van der Waals surface area contributed by atoms with Crippen molar-refractivity contribution in [1.82, 2.24) is 5.32 Å². The summed E-state index contributed by atoms with van der Waals surface area (Å²) in [5.74, 6) is 0.806. The quantitative estimate of drug-likeness (QED) is 0.575. The van der Waals surface area contributed by atoms with Gasteiger partial charge < -0.3 is 5.32 Å². The van der Waals surface area contributed by atoms with Crippen molar-refractivity contribution in [3.8, 4) is 0 Å². The number of Topliss-reactive ketones (excluding diaryl/α,β-unsaturated/α-hetero) is 1. The van der Waals surface area contributed by atoms with E-state index >= 15 is 0 Å². The van der Waals surface area contributed by atoms with Crippen LogP contribution in [0, 0.1) is 5.92 Å². The lowest BCUT2D eigenvalue weighted by Crippen LogP contribution is -2.36. The molecule has 3 heteroatoms. The number of hydrogen-bond donors (Lipinski definition) is 1. The molecule has 0 aromatic carbocycles. The Balaban J connectivity index is 2.14. The van der Waals surface area contributed by atoms with E-state index in [-0.39, 0.29) is 17.9 Å². The molecular formula is C8H12N2O. The van der Waals surface area contributed by atoms with Crippen molar-refractivity contribution in [2.45, 2.75) is 25.4 Å². The summed E-state index contributed by atoms with van der Waals surface area (Å²) in [5, 5.41) is 3.19. The Morgan fingerprint density at radius 3 is 3.27 bits per heavy atom. The molecule has 0 aliphatic carbocycles. The van der Waals surface area contributed by atoms with Gasteiger partial charge in [-0.25, -0.2) is 0 Å². The highest BCUT2D eigenvalue weighted by molar-refractivity contribution is 5.83. The molecule has 3 atom stereocenters. The van der Waals surface area contributed by atoms with Gasteiger partial charge in [-0.15, -0.1) is 0 Å². The Morgan fingerprint density at radius 1 is 1.73 bits per heavy atom. The van der Waals surface area contributed by atoms with Gasteiger partial charge in [0.1, 0.15) is 5.78 Å². The SMILES string of the molecule is CC(=O)C1NCC2CC=NC21. The molecule has 2 heterocycles. The minimum absolute atomic E-state index is 0.00116. The standard InChI is InChI=1S/C8H12N2O/c1-5(11)7-8-6(4-10-7)2-3-9-8/h3,6-8,10H,2,4H2,1H3. The van der Waals surface area contributed by atoms with Crippen LogP contribution in [0.5, 0.6) is 0 Å². The zero-order valence-electron chi connectivity index (χ0n) is 6.58. The van der Waals surface area contributed by atoms with Crippen molar-refractivity contribution in [1.29, 1.82) is 0 Å². The fourth-order valence-corrected chi connectivity index (χ4v) is 1.92. The van der Waals surface area contributed by atoms with Gasteiger partial charge in [-0.3, -0.25) is 9.79 Å². The second kappa shape index (κ2) is 2.41. The van der Waals surface area contributed by atoms with Gasteiger partial charge >= 0.3 is 0 Å². The average molecular weight is 152 g/mol. The zero-order chi connectivity index (χ0) is 7.84. The molecule has 0 aromatic rings. The largest absolute Gasteiger partial charge is 0.305 e. The predicted molar refractivity (Wildman–Crippen MR) is 42.9 cm³/mol. The molecule has 0 amide bonds. The van der Waals surface area contributed by atoms with Crippen molar-refractivity contribution in [3.63, 3.8) is 0 Å². The smallest absolute Gasteiger partial charge is 0.148 e. The van der Waals surface area contributed by atoms with Crippen LogP contribution in [0.4, 0.5) is 0 Å². The number of carbonyl (C=O) groups is 1. The first kappa shape index (κ1) is 6.98. The topological polar surface area (TPSA) is 41.5 Å². The van der Waals surface area contributed by atoms with E-state index in [1.807, 2.05) is 6.21 Å². The Kier molecular flexibility index (Phi) is 1.53. The molecule has 0 bridgehead atoms. The third-order valence-corrected chi connectivity index (χ3v) is 2.55. The summed E-state index contributed by atoms with van der Waals surface area (Å²) in [6, 6.07) is 0.242. The van der Waals surface area contributed by atoms with Crippen molar-refractivity contribution in [3.05, 3.63) is 0 Å². The van der Waals surface area contributed by atoms with Crippen LogP contribution in [0.15, 0.2) is 4.99 Å². The number of nitrogens with one attached hydrogen (secondary N) is 1. The van der Waals surface area contributed by atoms with E-state index in [2.05, 4.69) is 10.3 Å². The fourth-order valence-electron chi connectivity index (χ4n) is 1.92. The molecular weight excluding hydrogens is 140 g/mol. The molecule has 0 saturated carbocycles. The van der Waals surface area contributed by atoms with Gasteiger partial charge in [0.15, 0.2) is 0 Å². The molecule has 3 nitrogen and oxygen atoms in total. The molecule has 0 radical (unpaired) electrons. The summed E-state index contributed by atoms with van der Waals surface area (Å²) in [7, 11) is 0. The van der Waals surface area contributed by atoms with Gasteiger partial charge in [-0.05, 0) is 19.6 Å². The maximum absolute atomic E-state index is 11.1. The third-order valence-electron chi connectivity index (χ3n) is 2.55. The molecule has 60 valence electrons. The summed E-state index contributed by atoms with van der Waals surface area (Å²) in [6.07, 6.45) is 2.99. The van der Waals surface area contributed by atoms with Crippen LogP contribution in [0.25, 0.3) is 0 Å². The highest BCUT2D eigenvalue weighted by atomic mass is 16.1. The fraction of sp³-hybridized carbons (Fsp3) is 0.750. The van der Waals surface area contributed by atoms with Crippen LogP contribution in [-0.2, 0) is 4.79 Å². The second-order valence-corrected chi connectivity index (χ2v) is 3.31. The summed E-state index contributed by atoms with van der Waals surface area (Å²) in [6.45, 7) is 2.59. The van der Waals surface area contributed by atoms with Gasteiger partial charge in [0.2, 0.25) is 0 Å². The second-order valence-electron chi connectivity index (χ2n) is 3.31. The van der Waals surface area contributed by atoms with E-state index in [9.17, 15) is 4.79 Å². The summed E-state index contributed by atoms with van der Waals surface area (Å²) >= 11 is 0. The first-order chi connectivity index (χ1) is 5.29. The normalized spacial score (nSPS) is 41.0. The molecule has 2 rings (SSSR count). The van der Waals surface area contributed by atoms with E-state index in [0.29, 0.717) is 5.92 Å². The molecule has 2 aliphatic rings. The minimum atomic E-state index is -0.00116. The molecule has 0 aromatic heterocycles. The lowest BCUT2D eigenvalue weighted by molar-refractivity contribution is -0.118. The van der Waals surface area contributed by atoms with E-state index < -0.39 is 0 Å². The average Bonchev–Trinajstić information content (AvgIpc) is 2.41. The first-order valence-electron chi connectivity index (χ1n) is 4.04. The van der Waals surface area contributed by atoms with Crippen LogP contribution in [0.2, 0.25) is 0 Å². The summed E-state index contributed by atoms with van der Waals surface area (Å²) in [5.41, 5.74) is 0. The number of hydrogen-bond acceptors (Lipinski definition) is 3. The molecule has 0 spiro atoms. The molecule has 3 unspecified atom stereocenters. The van der Waals surface area contributed by atoms with Crippen LogP contribution >= 0.6 is 0 Å². The van der Waals surface area contributed by atoms with Crippen LogP contribution in [0.3, 0.4) is 0 Å². The van der Waals surface area contributed by atoms with E-state index in [1.165, 1.54) is 0 Å². The number of carbonyl (C=O) groups excluding carboxylic acids is 1. The minimum Gasteiger partial charge on any atom is -0.305 e. The van der Waals surface area contributed by atoms with Crippen LogP contribution in [-0.4, -0.2) is 30.6 Å². The van der Waals surface area contributed by atoms with E-state index in [0.717, 1.165) is 13.0 Å². The van der Waals surface area contributed by atoms with Crippen molar-refractivity contribution >= 4 is 12.0 Å². The Bertz CT molecular complexity index is 212. The number of aliphatic imine (C=N–C) groups is 1. The highest BCUT2D eigenvalue weighted by Crippen LogP contribution is 2.25. The van der Waals surface area contributed by atoms with Crippen LogP contribution in [0.1, 0.15) is 13.3 Å². The number of ketones is 1. The summed E-state index contributed by atoms with van der Waals surface area (Å²) < 4.78 is 0.